The Morgan fingerprint density at radius 3 is 2.18 bits per heavy atom. The van der Waals surface area contributed by atoms with Crippen LogP contribution in [0.5, 0.6) is 28.7 Å². The summed E-state index contributed by atoms with van der Waals surface area (Å²) in [5.74, 6) is -2.22. The second kappa shape index (κ2) is 4.74. The van der Waals surface area contributed by atoms with Crippen molar-refractivity contribution in [2.24, 2.45) is 0 Å². The molecule has 3 rings (SSSR count). The van der Waals surface area contributed by atoms with E-state index in [1.807, 2.05) is 0 Å². The molecule has 0 aromatic heterocycles. The lowest BCUT2D eigenvalue weighted by Gasteiger charge is -2.25. The third kappa shape index (κ3) is 2.04. The molecule has 1 atom stereocenters. The standard InChI is InChI=1S/C15H12O7/c16-6-1-2-8(9(18)3-6)15-14(21)13(20)12-10(19)4-7(17)5-11(12)22-15/h1-5,13,16-21H. The highest BCUT2D eigenvalue weighted by molar-refractivity contribution is 5.73. The molecule has 0 amide bonds. The van der Waals surface area contributed by atoms with E-state index in [9.17, 15) is 30.6 Å². The van der Waals surface area contributed by atoms with Gasteiger partial charge in [-0.1, -0.05) is 0 Å². The summed E-state index contributed by atoms with van der Waals surface area (Å²) in [6.07, 6.45) is -1.59. The van der Waals surface area contributed by atoms with Crippen LogP contribution in [0.1, 0.15) is 17.2 Å². The summed E-state index contributed by atoms with van der Waals surface area (Å²) in [5, 5.41) is 58.6. The van der Waals surface area contributed by atoms with Crippen molar-refractivity contribution in [3.8, 4) is 28.7 Å². The lowest BCUT2D eigenvalue weighted by Crippen LogP contribution is -2.15. The Balaban J connectivity index is 2.16. The van der Waals surface area contributed by atoms with Gasteiger partial charge in [0.1, 0.15) is 34.9 Å². The maximum Gasteiger partial charge on any atom is 0.178 e. The zero-order valence-corrected chi connectivity index (χ0v) is 11.1. The molecule has 0 spiro atoms. The van der Waals surface area contributed by atoms with E-state index < -0.39 is 17.6 Å². The molecule has 6 N–H and O–H groups in total. The zero-order valence-electron chi connectivity index (χ0n) is 11.1. The van der Waals surface area contributed by atoms with Crippen molar-refractivity contribution in [1.29, 1.82) is 0 Å². The van der Waals surface area contributed by atoms with Crippen molar-refractivity contribution in [3.05, 3.63) is 47.2 Å². The van der Waals surface area contributed by atoms with Crippen LogP contribution in [0.15, 0.2) is 36.1 Å². The number of aromatic hydroxyl groups is 4. The molecule has 7 heteroatoms. The van der Waals surface area contributed by atoms with Gasteiger partial charge in [-0.25, -0.2) is 0 Å². The Morgan fingerprint density at radius 2 is 1.50 bits per heavy atom. The van der Waals surface area contributed by atoms with Crippen LogP contribution in [-0.4, -0.2) is 30.6 Å². The van der Waals surface area contributed by atoms with Crippen molar-refractivity contribution >= 4 is 5.76 Å². The van der Waals surface area contributed by atoms with Crippen molar-refractivity contribution in [3.63, 3.8) is 0 Å². The highest BCUT2D eigenvalue weighted by atomic mass is 16.5. The quantitative estimate of drug-likeness (QED) is 0.474. The third-order valence-corrected chi connectivity index (χ3v) is 3.31. The van der Waals surface area contributed by atoms with Gasteiger partial charge in [0.2, 0.25) is 0 Å². The summed E-state index contributed by atoms with van der Waals surface area (Å²) in [7, 11) is 0. The minimum absolute atomic E-state index is 0.0304. The van der Waals surface area contributed by atoms with E-state index in [-0.39, 0.29) is 39.9 Å². The minimum Gasteiger partial charge on any atom is -0.508 e. The van der Waals surface area contributed by atoms with Crippen LogP contribution < -0.4 is 4.74 Å². The summed E-state index contributed by atoms with van der Waals surface area (Å²) in [4.78, 5) is 0. The summed E-state index contributed by atoms with van der Waals surface area (Å²) < 4.78 is 5.39. The largest absolute Gasteiger partial charge is 0.508 e. The Morgan fingerprint density at radius 1 is 0.818 bits per heavy atom. The van der Waals surface area contributed by atoms with Gasteiger partial charge in [0.15, 0.2) is 11.5 Å². The van der Waals surface area contributed by atoms with Gasteiger partial charge in [-0.3, -0.25) is 0 Å². The first-order valence-corrected chi connectivity index (χ1v) is 6.25. The van der Waals surface area contributed by atoms with Gasteiger partial charge < -0.3 is 35.4 Å². The van der Waals surface area contributed by atoms with Crippen LogP contribution in [0.4, 0.5) is 0 Å². The summed E-state index contributed by atoms with van der Waals surface area (Å²) in [6.45, 7) is 0. The SMILES string of the molecule is OC1=C(c2ccc(O)cc2O)Oc2cc(O)cc(O)c2C1O. The fraction of sp³-hybridized carbons (Fsp3) is 0.0667. The van der Waals surface area contributed by atoms with Crippen LogP contribution >= 0.6 is 0 Å². The number of hydrogen-bond acceptors (Lipinski definition) is 7. The van der Waals surface area contributed by atoms with Crippen LogP contribution in [0.2, 0.25) is 0 Å². The Labute approximate surface area is 124 Å². The average Bonchev–Trinajstić information content (AvgIpc) is 2.42. The van der Waals surface area contributed by atoms with Gasteiger partial charge in [-0.2, -0.15) is 0 Å². The highest BCUT2D eigenvalue weighted by Crippen LogP contribution is 2.47. The highest BCUT2D eigenvalue weighted by Gasteiger charge is 2.33. The fourth-order valence-electron chi connectivity index (χ4n) is 2.29. The maximum atomic E-state index is 10.1. The van der Waals surface area contributed by atoms with Crippen molar-refractivity contribution < 1.29 is 35.4 Å². The number of benzene rings is 2. The van der Waals surface area contributed by atoms with E-state index in [2.05, 4.69) is 0 Å². The second-order valence-electron chi connectivity index (χ2n) is 4.80. The Bertz CT molecular complexity index is 795. The molecular formula is C15H12O7. The normalized spacial score (nSPS) is 17.0. The summed E-state index contributed by atoms with van der Waals surface area (Å²) >= 11 is 0. The first-order valence-electron chi connectivity index (χ1n) is 6.25. The van der Waals surface area contributed by atoms with Crippen LogP contribution in [0, 0.1) is 0 Å². The first kappa shape index (κ1) is 13.9. The summed E-state index contributed by atoms with van der Waals surface area (Å²) in [5.41, 5.74) is -0.0693. The maximum absolute atomic E-state index is 10.1. The van der Waals surface area contributed by atoms with Gasteiger partial charge in [-0.15, -0.1) is 0 Å². The van der Waals surface area contributed by atoms with Crippen molar-refractivity contribution in [2.75, 3.05) is 0 Å². The number of phenols is 4. The molecule has 7 nitrogen and oxygen atoms in total. The topological polar surface area (TPSA) is 131 Å². The van der Waals surface area contributed by atoms with E-state index in [0.717, 1.165) is 18.2 Å². The molecule has 1 aliphatic rings. The number of ether oxygens (including phenoxy) is 1. The number of phenolic OH excluding ortho intramolecular Hbond substituents is 4. The first-order chi connectivity index (χ1) is 10.4. The average molecular weight is 304 g/mol. The number of rotatable bonds is 1. The Kier molecular flexibility index (Phi) is 3.00. The monoisotopic (exact) mass is 304 g/mol. The minimum atomic E-state index is -1.59. The number of aliphatic hydroxyl groups excluding tert-OH is 2. The number of hydrogen-bond donors (Lipinski definition) is 6. The molecule has 0 radical (unpaired) electrons. The molecule has 22 heavy (non-hydrogen) atoms. The van der Waals surface area contributed by atoms with E-state index in [0.29, 0.717) is 0 Å². The molecule has 1 heterocycles. The number of aliphatic hydroxyl groups is 2. The molecule has 2 aromatic rings. The van der Waals surface area contributed by atoms with Gasteiger partial charge in [0, 0.05) is 18.2 Å². The van der Waals surface area contributed by atoms with Gasteiger partial charge in [0.05, 0.1) is 11.1 Å². The van der Waals surface area contributed by atoms with Crippen molar-refractivity contribution in [2.45, 2.75) is 6.10 Å². The predicted octanol–water partition coefficient (Wildman–Crippen LogP) is 1.86. The molecule has 0 saturated carbocycles. The third-order valence-electron chi connectivity index (χ3n) is 3.31. The molecule has 1 aliphatic heterocycles. The lowest BCUT2D eigenvalue weighted by atomic mass is 9.99. The molecule has 0 saturated heterocycles. The smallest absolute Gasteiger partial charge is 0.178 e. The second-order valence-corrected chi connectivity index (χ2v) is 4.80. The Hall–Kier alpha value is -3.06. The van der Waals surface area contributed by atoms with E-state index in [4.69, 9.17) is 4.74 Å². The van der Waals surface area contributed by atoms with Gasteiger partial charge >= 0.3 is 0 Å². The van der Waals surface area contributed by atoms with E-state index in [1.165, 1.54) is 12.1 Å². The van der Waals surface area contributed by atoms with Crippen LogP contribution in [0.25, 0.3) is 5.76 Å². The van der Waals surface area contributed by atoms with Crippen LogP contribution in [-0.2, 0) is 0 Å². The molecule has 0 fully saturated rings. The van der Waals surface area contributed by atoms with E-state index in [1.54, 1.807) is 0 Å². The molecular weight excluding hydrogens is 292 g/mol. The lowest BCUT2D eigenvalue weighted by molar-refractivity contribution is 0.138. The number of fused-ring (bicyclic) bond motifs is 1. The zero-order chi connectivity index (χ0) is 16.0. The van der Waals surface area contributed by atoms with Crippen molar-refractivity contribution in [1.82, 2.24) is 0 Å². The molecule has 0 aliphatic carbocycles. The summed E-state index contributed by atoms with van der Waals surface area (Å²) in [6, 6.07) is 5.75. The molecule has 1 unspecified atom stereocenters. The van der Waals surface area contributed by atoms with Gasteiger partial charge in [-0.05, 0) is 12.1 Å². The molecule has 114 valence electrons. The van der Waals surface area contributed by atoms with Crippen LogP contribution in [0.3, 0.4) is 0 Å². The molecule has 2 aromatic carbocycles. The predicted molar refractivity (Wildman–Crippen MR) is 74.7 cm³/mol. The van der Waals surface area contributed by atoms with Gasteiger partial charge in [0.25, 0.3) is 0 Å². The fourth-order valence-corrected chi connectivity index (χ4v) is 2.29. The molecule has 0 bridgehead atoms. The van der Waals surface area contributed by atoms with E-state index >= 15 is 0 Å².